The molecule has 114 valence electrons. The highest BCUT2D eigenvalue weighted by atomic mass is 32.1. The highest BCUT2D eigenvalue weighted by molar-refractivity contribution is 7.10. The largest absolute Gasteiger partial charge is 0.485 e. The van der Waals surface area contributed by atoms with E-state index >= 15 is 0 Å². The molecule has 1 N–H and O–H groups in total. The maximum Gasteiger partial charge on any atom is 0.416 e. The van der Waals surface area contributed by atoms with Gasteiger partial charge in [0.2, 0.25) is 0 Å². The zero-order valence-electron chi connectivity index (χ0n) is 11.5. The van der Waals surface area contributed by atoms with E-state index in [0.29, 0.717) is 5.75 Å². The minimum absolute atomic E-state index is 0.158. The van der Waals surface area contributed by atoms with Crippen LogP contribution in [-0.4, -0.2) is 13.6 Å². The van der Waals surface area contributed by atoms with E-state index in [1.54, 1.807) is 11.3 Å². The Hall–Kier alpha value is -1.53. The van der Waals surface area contributed by atoms with E-state index < -0.39 is 11.7 Å². The number of hydrogen-bond acceptors (Lipinski definition) is 3. The summed E-state index contributed by atoms with van der Waals surface area (Å²) in [5, 5.41) is 5.01. The molecule has 0 spiro atoms. The summed E-state index contributed by atoms with van der Waals surface area (Å²) >= 11 is 1.58. The zero-order chi connectivity index (χ0) is 15.3. The van der Waals surface area contributed by atoms with Crippen molar-refractivity contribution in [2.45, 2.75) is 18.7 Å². The van der Waals surface area contributed by atoms with Gasteiger partial charge in [-0.15, -0.1) is 11.3 Å². The summed E-state index contributed by atoms with van der Waals surface area (Å²) in [6.45, 7) is 0.767. The van der Waals surface area contributed by atoms with E-state index in [2.05, 4.69) is 5.32 Å². The molecule has 0 aliphatic rings. The average Bonchev–Trinajstić information content (AvgIpc) is 2.97. The summed E-state index contributed by atoms with van der Waals surface area (Å²) in [6.07, 6.45) is -3.73. The fourth-order valence-corrected chi connectivity index (χ4v) is 2.69. The van der Waals surface area contributed by atoms with Crippen molar-refractivity contribution in [1.29, 1.82) is 0 Å². The zero-order valence-corrected chi connectivity index (χ0v) is 12.3. The maximum absolute atomic E-state index is 12.5. The molecule has 1 aromatic carbocycles. The third-order valence-electron chi connectivity index (χ3n) is 2.98. The van der Waals surface area contributed by atoms with Gasteiger partial charge in [0.1, 0.15) is 11.9 Å². The molecule has 1 atom stereocenters. The standard InChI is InChI=1S/C15H16F3NOS/c1-19-9-8-13(14-3-2-10-21-14)20-12-6-4-11(5-7-12)15(16,17)18/h2-7,10,13,19H,8-9H2,1H3. The van der Waals surface area contributed by atoms with Crippen molar-refractivity contribution in [3.63, 3.8) is 0 Å². The molecule has 1 heterocycles. The van der Waals surface area contributed by atoms with Crippen LogP contribution in [0.5, 0.6) is 5.75 Å². The second-order valence-electron chi connectivity index (χ2n) is 4.54. The highest BCUT2D eigenvalue weighted by Crippen LogP contribution is 2.32. The van der Waals surface area contributed by atoms with E-state index in [1.807, 2.05) is 24.6 Å². The van der Waals surface area contributed by atoms with Crippen LogP contribution < -0.4 is 10.1 Å². The summed E-state index contributed by atoms with van der Waals surface area (Å²) < 4.78 is 43.4. The normalized spacial score (nSPS) is 13.1. The molecule has 2 rings (SSSR count). The first-order valence-corrected chi connectivity index (χ1v) is 7.40. The molecule has 0 bridgehead atoms. The van der Waals surface area contributed by atoms with Gasteiger partial charge in [-0.3, -0.25) is 0 Å². The van der Waals surface area contributed by atoms with Crippen molar-refractivity contribution in [1.82, 2.24) is 5.32 Å². The van der Waals surface area contributed by atoms with Gasteiger partial charge in [-0.2, -0.15) is 13.2 Å². The number of benzene rings is 1. The van der Waals surface area contributed by atoms with Crippen molar-refractivity contribution in [2.75, 3.05) is 13.6 Å². The van der Waals surface area contributed by atoms with Crippen molar-refractivity contribution < 1.29 is 17.9 Å². The number of halogens is 3. The van der Waals surface area contributed by atoms with Crippen LogP contribution in [0.2, 0.25) is 0 Å². The predicted octanol–water partition coefficient (Wildman–Crippen LogP) is 4.50. The lowest BCUT2D eigenvalue weighted by Gasteiger charge is -2.18. The van der Waals surface area contributed by atoms with Crippen LogP contribution in [0.1, 0.15) is 23.0 Å². The predicted molar refractivity (Wildman–Crippen MR) is 77.7 cm³/mol. The highest BCUT2D eigenvalue weighted by Gasteiger charge is 2.30. The average molecular weight is 315 g/mol. The summed E-state index contributed by atoms with van der Waals surface area (Å²) in [4.78, 5) is 1.06. The molecule has 2 aromatic rings. The minimum atomic E-state index is -4.32. The third-order valence-corrected chi connectivity index (χ3v) is 3.94. The van der Waals surface area contributed by atoms with E-state index in [9.17, 15) is 13.2 Å². The molecule has 0 radical (unpaired) electrons. The summed E-state index contributed by atoms with van der Waals surface area (Å²) in [5.74, 6) is 0.442. The molecular formula is C15H16F3NOS. The molecule has 0 aliphatic heterocycles. The molecule has 0 saturated carbocycles. The maximum atomic E-state index is 12.5. The van der Waals surface area contributed by atoms with Crippen molar-refractivity contribution in [3.8, 4) is 5.75 Å². The topological polar surface area (TPSA) is 21.3 Å². The number of alkyl halides is 3. The Morgan fingerprint density at radius 1 is 1.19 bits per heavy atom. The second-order valence-corrected chi connectivity index (χ2v) is 5.52. The SMILES string of the molecule is CNCCC(Oc1ccc(C(F)(F)F)cc1)c1cccs1. The van der Waals surface area contributed by atoms with Crippen LogP contribution in [0, 0.1) is 0 Å². The lowest BCUT2D eigenvalue weighted by Crippen LogP contribution is -2.15. The Bertz CT molecular complexity index is 537. The quantitative estimate of drug-likeness (QED) is 0.847. The van der Waals surface area contributed by atoms with Crippen LogP contribution in [0.4, 0.5) is 13.2 Å². The van der Waals surface area contributed by atoms with Gasteiger partial charge in [0.15, 0.2) is 0 Å². The van der Waals surface area contributed by atoms with Gasteiger partial charge in [0.05, 0.1) is 5.56 Å². The van der Waals surface area contributed by atoms with Gasteiger partial charge in [-0.05, 0) is 49.3 Å². The van der Waals surface area contributed by atoms with Crippen LogP contribution in [0.25, 0.3) is 0 Å². The number of rotatable bonds is 6. The molecular weight excluding hydrogens is 299 g/mol. The van der Waals surface area contributed by atoms with E-state index in [4.69, 9.17) is 4.74 Å². The second kappa shape index (κ2) is 6.95. The monoisotopic (exact) mass is 315 g/mol. The minimum Gasteiger partial charge on any atom is -0.485 e. The van der Waals surface area contributed by atoms with Gasteiger partial charge in [-0.1, -0.05) is 6.07 Å². The van der Waals surface area contributed by atoms with E-state index in [0.717, 1.165) is 30.0 Å². The van der Waals surface area contributed by atoms with Crippen molar-refractivity contribution >= 4 is 11.3 Å². The number of thiophene rings is 1. The Labute approximate surface area is 125 Å². The molecule has 1 unspecified atom stereocenters. The Balaban J connectivity index is 2.09. The Kier molecular flexibility index (Phi) is 5.25. The first-order valence-electron chi connectivity index (χ1n) is 6.52. The molecule has 0 aliphatic carbocycles. The van der Waals surface area contributed by atoms with Gasteiger partial charge < -0.3 is 10.1 Å². The van der Waals surface area contributed by atoms with Crippen LogP contribution >= 0.6 is 11.3 Å². The van der Waals surface area contributed by atoms with Gasteiger partial charge in [0.25, 0.3) is 0 Å². The first kappa shape index (κ1) is 15.9. The molecule has 0 fully saturated rings. The summed E-state index contributed by atoms with van der Waals surface area (Å²) in [5.41, 5.74) is -0.669. The molecule has 21 heavy (non-hydrogen) atoms. The molecule has 1 aromatic heterocycles. The third kappa shape index (κ3) is 4.47. The number of hydrogen-bond donors (Lipinski definition) is 1. The first-order chi connectivity index (χ1) is 10.0. The van der Waals surface area contributed by atoms with E-state index in [-0.39, 0.29) is 6.10 Å². The van der Waals surface area contributed by atoms with Gasteiger partial charge in [0, 0.05) is 11.3 Å². The van der Waals surface area contributed by atoms with Crippen LogP contribution in [0.3, 0.4) is 0 Å². The van der Waals surface area contributed by atoms with Crippen molar-refractivity contribution in [2.24, 2.45) is 0 Å². The number of ether oxygens (including phenoxy) is 1. The van der Waals surface area contributed by atoms with Crippen molar-refractivity contribution in [3.05, 3.63) is 52.2 Å². The number of nitrogens with one attached hydrogen (secondary N) is 1. The summed E-state index contributed by atoms with van der Waals surface area (Å²) in [6, 6.07) is 8.71. The lowest BCUT2D eigenvalue weighted by atomic mass is 10.2. The fourth-order valence-electron chi connectivity index (χ4n) is 1.90. The Morgan fingerprint density at radius 3 is 2.43 bits per heavy atom. The molecule has 2 nitrogen and oxygen atoms in total. The van der Waals surface area contributed by atoms with Crippen LogP contribution in [0.15, 0.2) is 41.8 Å². The molecule has 0 saturated heterocycles. The Morgan fingerprint density at radius 2 is 1.90 bits per heavy atom. The summed E-state index contributed by atoms with van der Waals surface area (Å²) in [7, 11) is 1.85. The smallest absolute Gasteiger partial charge is 0.416 e. The molecule has 6 heteroatoms. The fraction of sp³-hybridized carbons (Fsp3) is 0.333. The van der Waals surface area contributed by atoms with Crippen LogP contribution in [-0.2, 0) is 6.18 Å². The van der Waals surface area contributed by atoms with Gasteiger partial charge >= 0.3 is 6.18 Å². The molecule has 0 amide bonds. The van der Waals surface area contributed by atoms with Gasteiger partial charge in [-0.25, -0.2) is 0 Å². The lowest BCUT2D eigenvalue weighted by molar-refractivity contribution is -0.137. The van der Waals surface area contributed by atoms with E-state index in [1.165, 1.54) is 12.1 Å².